The van der Waals surface area contributed by atoms with Crippen molar-refractivity contribution in [1.82, 2.24) is 14.9 Å². The summed E-state index contributed by atoms with van der Waals surface area (Å²) in [6, 6.07) is 11.0. The number of hydrogen-bond acceptors (Lipinski definition) is 5. The van der Waals surface area contributed by atoms with Gasteiger partial charge in [0.2, 0.25) is 0 Å². The predicted molar refractivity (Wildman–Crippen MR) is 123 cm³/mol. The van der Waals surface area contributed by atoms with Gasteiger partial charge in [-0.1, -0.05) is 13.0 Å². The van der Waals surface area contributed by atoms with E-state index in [1.54, 1.807) is 50.4 Å². The standard InChI is InChI=1S/C25H29N3O4/c1-5-20(19-8-12-26-13-9-19)27-24(29)23-17(2)10-14-28(25(23)30)15-11-18-6-7-21(31-3)22(16-18)32-4/h6-10,12-14,16,20H,5,11,15H2,1-4H3,(H,27,29). The molecule has 1 aromatic carbocycles. The molecule has 0 aliphatic carbocycles. The van der Waals surface area contributed by atoms with Gasteiger partial charge < -0.3 is 19.4 Å². The van der Waals surface area contributed by atoms with Crippen molar-refractivity contribution in [2.75, 3.05) is 14.2 Å². The molecular weight excluding hydrogens is 406 g/mol. The summed E-state index contributed by atoms with van der Waals surface area (Å²) in [5, 5.41) is 3.00. The quantitative estimate of drug-likeness (QED) is 0.554. The smallest absolute Gasteiger partial charge is 0.263 e. The van der Waals surface area contributed by atoms with Gasteiger partial charge in [0.05, 0.1) is 20.3 Å². The van der Waals surface area contributed by atoms with Crippen LogP contribution in [0.3, 0.4) is 0 Å². The van der Waals surface area contributed by atoms with Crippen LogP contribution in [0.4, 0.5) is 0 Å². The van der Waals surface area contributed by atoms with Gasteiger partial charge in [0.25, 0.3) is 11.5 Å². The SMILES string of the molecule is CCC(NC(=O)c1c(C)ccn(CCc2ccc(OC)c(OC)c2)c1=O)c1ccncc1. The highest BCUT2D eigenvalue weighted by atomic mass is 16.5. The van der Waals surface area contributed by atoms with Crippen LogP contribution in [0.5, 0.6) is 11.5 Å². The highest BCUT2D eigenvalue weighted by Crippen LogP contribution is 2.27. The fourth-order valence-corrected chi connectivity index (χ4v) is 3.65. The Morgan fingerprint density at radius 2 is 1.81 bits per heavy atom. The lowest BCUT2D eigenvalue weighted by atomic mass is 10.0. The van der Waals surface area contributed by atoms with E-state index >= 15 is 0 Å². The molecule has 0 saturated heterocycles. The Bertz CT molecular complexity index is 1130. The average Bonchev–Trinajstić information content (AvgIpc) is 2.82. The highest BCUT2D eigenvalue weighted by molar-refractivity contribution is 5.95. The van der Waals surface area contributed by atoms with Crippen LogP contribution in [0.1, 0.15) is 46.4 Å². The van der Waals surface area contributed by atoms with Crippen molar-refractivity contribution in [2.24, 2.45) is 0 Å². The first-order valence-electron chi connectivity index (χ1n) is 10.6. The Balaban J connectivity index is 1.79. The summed E-state index contributed by atoms with van der Waals surface area (Å²) in [7, 11) is 3.18. The fraction of sp³-hybridized carbons (Fsp3) is 0.320. The fourth-order valence-electron chi connectivity index (χ4n) is 3.65. The van der Waals surface area contributed by atoms with E-state index in [0.717, 1.165) is 11.1 Å². The third-order valence-corrected chi connectivity index (χ3v) is 5.51. The van der Waals surface area contributed by atoms with Crippen LogP contribution in [-0.4, -0.2) is 29.7 Å². The van der Waals surface area contributed by atoms with Gasteiger partial charge in [0.1, 0.15) is 5.56 Å². The minimum Gasteiger partial charge on any atom is -0.493 e. The molecule has 32 heavy (non-hydrogen) atoms. The lowest BCUT2D eigenvalue weighted by molar-refractivity contribution is 0.0932. The van der Waals surface area contributed by atoms with Gasteiger partial charge >= 0.3 is 0 Å². The Hall–Kier alpha value is -3.61. The van der Waals surface area contributed by atoms with E-state index in [9.17, 15) is 9.59 Å². The lowest BCUT2D eigenvalue weighted by Crippen LogP contribution is -2.36. The zero-order valence-electron chi connectivity index (χ0n) is 18.9. The van der Waals surface area contributed by atoms with E-state index < -0.39 is 0 Å². The summed E-state index contributed by atoms with van der Waals surface area (Å²) in [5.74, 6) is 0.932. The number of pyridine rings is 2. The number of hydrogen-bond donors (Lipinski definition) is 1. The highest BCUT2D eigenvalue weighted by Gasteiger charge is 2.19. The molecular formula is C25H29N3O4. The molecule has 0 radical (unpaired) electrons. The Morgan fingerprint density at radius 1 is 1.09 bits per heavy atom. The van der Waals surface area contributed by atoms with E-state index in [1.807, 2.05) is 37.3 Å². The molecule has 1 N–H and O–H groups in total. The van der Waals surface area contributed by atoms with Gasteiger partial charge in [-0.3, -0.25) is 14.6 Å². The van der Waals surface area contributed by atoms with Crippen LogP contribution in [0.15, 0.2) is 59.8 Å². The number of carbonyl (C=O) groups excluding carboxylic acids is 1. The molecule has 7 heteroatoms. The van der Waals surface area contributed by atoms with Gasteiger partial charge in [-0.05, 0) is 66.8 Å². The maximum absolute atomic E-state index is 13.1. The third kappa shape index (κ3) is 5.17. The lowest BCUT2D eigenvalue weighted by Gasteiger charge is -2.18. The number of nitrogens with one attached hydrogen (secondary N) is 1. The number of aryl methyl sites for hydroxylation is 3. The van der Waals surface area contributed by atoms with Crippen molar-refractivity contribution < 1.29 is 14.3 Å². The Kier molecular flexibility index (Phi) is 7.65. The molecule has 2 aromatic heterocycles. The summed E-state index contributed by atoms with van der Waals surface area (Å²) in [6.45, 7) is 4.21. The normalized spacial score (nSPS) is 11.6. The van der Waals surface area contributed by atoms with Crippen molar-refractivity contribution in [3.8, 4) is 11.5 Å². The van der Waals surface area contributed by atoms with Gasteiger partial charge in [0.15, 0.2) is 11.5 Å². The molecule has 1 atom stereocenters. The molecule has 3 rings (SSSR count). The number of rotatable bonds is 9. The maximum Gasteiger partial charge on any atom is 0.263 e. The maximum atomic E-state index is 13.1. The predicted octanol–water partition coefficient (Wildman–Crippen LogP) is 3.69. The number of methoxy groups -OCH3 is 2. The Labute approximate surface area is 188 Å². The van der Waals surface area contributed by atoms with Gasteiger partial charge in [-0.2, -0.15) is 0 Å². The molecule has 2 heterocycles. The van der Waals surface area contributed by atoms with Gasteiger partial charge in [-0.15, -0.1) is 0 Å². The number of ether oxygens (including phenoxy) is 2. The molecule has 0 fully saturated rings. The van der Waals surface area contributed by atoms with Crippen LogP contribution >= 0.6 is 0 Å². The van der Waals surface area contributed by atoms with Crippen molar-refractivity contribution >= 4 is 5.91 Å². The van der Waals surface area contributed by atoms with Crippen LogP contribution in [-0.2, 0) is 13.0 Å². The molecule has 3 aromatic rings. The summed E-state index contributed by atoms with van der Waals surface area (Å²) in [6.07, 6.45) is 6.43. The molecule has 0 bridgehead atoms. The van der Waals surface area contributed by atoms with E-state index in [1.165, 1.54) is 0 Å². The molecule has 168 valence electrons. The molecule has 7 nitrogen and oxygen atoms in total. The van der Waals surface area contributed by atoms with Crippen LogP contribution in [0.2, 0.25) is 0 Å². The minimum atomic E-state index is -0.364. The van der Waals surface area contributed by atoms with Crippen molar-refractivity contribution in [3.63, 3.8) is 0 Å². The summed E-state index contributed by atoms with van der Waals surface area (Å²) in [5.41, 5.74) is 2.49. The van der Waals surface area contributed by atoms with Crippen molar-refractivity contribution in [1.29, 1.82) is 0 Å². The number of amides is 1. The summed E-state index contributed by atoms with van der Waals surface area (Å²) < 4.78 is 12.2. The molecule has 0 saturated carbocycles. The average molecular weight is 436 g/mol. The Morgan fingerprint density at radius 3 is 2.47 bits per heavy atom. The zero-order valence-corrected chi connectivity index (χ0v) is 18.9. The topological polar surface area (TPSA) is 82.5 Å². The molecule has 0 aliphatic rings. The van der Waals surface area contributed by atoms with E-state index in [4.69, 9.17) is 9.47 Å². The van der Waals surface area contributed by atoms with Crippen molar-refractivity contribution in [2.45, 2.75) is 39.3 Å². The molecule has 1 amide bonds. The van der Waals surface area contributed by atoms with Crippen LogP contribution < -0.4 is 20.3 Å². The van der Waals surface area contributed by atoms with Crippen LogP contribution in [0.25, 0.3) is 0 Å². The van der Waals surface area contributed by atoms with E-state index in [2.05, 4.69) is 10.3 Å². The molecule has 0 spiro atoms. The monoisotopic (exact) mass is 435 g/mol. The molecule has 1 unspecified atom stereocenters. The third-order valence-electron chi connectivity index (χ3n) is 5.51. The summed E-state index contributed by atoms with van der Waals surface area (Å²) in [4.78, 5) is 30.2. The van der Waals surface area contributed by atoms with Crippen molar-refractivity contribution in [3.05, 3.63) is 87.6 Å². The first kappa shape index (κ1) is 23.1. The number of benzene rings is 1. The summed E-state index contributed by atoms with van der Waals surface area (Å²) >= 11 is 0. The number of nitrogens with zero attached hydrogens (tertiary/aromatic N) is 2. The second kappa shape index (κ2) is 10.6. The largest absolute Gasteiger partial charge is 0.493 e. The number of aromatic nitrogens is 2. The van der Waals surface area contributed by atoms with Gasteiger partial charge in [0, 0.05) is 25.1 Å². The van der Waals surface area contributed by atoms with Crippen LogP contribution in [0, 0.1) is 6.92 Å². The van der Waals surface area contributed by atoms with Gasteiger partial charge in [-0.25, -0.2) is 0 Å². The first-order chi connectivity index (χ1) is 15.5. The molecule has 0 aliphatic heterocycles. The minimum absolute atomic E-state index is 0.173. The first-order valence-corrected chi connectivity index (χ1v) is 10.6. The zero-order chi connectivity index (χ0) is 23.1. The van der Waals surface area contributed by atoms with E-state index in [-0.39, 0.29) is 23.1 Å². The number of carbonyl (C=O) groups is 1. The second-order valence-electron chi connectivity index (χ2n) is 7.53. The second-order valence-corrected chi connectivity index (χ2v) is 7.53. The van der Waals surface area contributed by atoms with E-state index in [0.29, 0.717) is 36.4 Å².